The molecule has 0 aliphatic rings. The van der Waals surface area contributed by atoms with Gasteiger partial charge in [0.1, 0.15) is 0 Å². The Kier molecular flexibility index (Phi) is 6.80. The zero-order valence-corrected chi connectivity index (χ0v) is 13.1. The molecule has 2 aromatic carbocycles. The number of hydrogen-bond donors (Lipinski definition) is 1. The number of hydrogen-bond acceptors (Lipinski definition) is 3. The molecule has 0 heterocycles. The minimum atomic E-state index is -0.426. The van der Waals surface area contributed by atoms with Crippen LogP contribution in [0.1, 0.15) is 12.5 Å². The summed E-state index contributed by atoms with van der Waals surface area (Å²) in [5, 5.41) is 10.1. The summed E-state index contributed by atoms with van der Waals surface area (Å²) >= 11 is 1.77. The van der Waals surface area contributed by atoms with E-state index >= 15 is 0 Å². The third-order valence-electron chi connectivity index (χ3n) is 3.31. The van der Waals surface area contributed by atoms with Crippen LogP contribution in [0.4, 0.5) is 0 Å². The molecule has 21 heavy (non-hydrogen) atoms. The van der Waals surface area contributed by atoms with Crippen LogP contribution in [0.2, 0.25) is 0 Å². The van der Waals surface area contributed by atoms with Gasteiger partial charge in [0.2, 0.25) is 0 Å². The number of aliphatic hydroxyl groups excluding tert-OH is 1. The van der Waals surface area contributed by atoms with Gasteiger partial charge in [-0.1, -0.05) is 55.5 Å². The summed E-state index contributed by atoms with van der Waals surface area (Å²) in [6, 6.07) is 20.3. The predicted octanol–water partition coefficient (Wildman–Crippen LogP) is 3.99. The number of aliphatic hydroxyl groups is 1. The highest BCUT2D eigenvalue weighted by molar-refractivity contribution is 7.99. The van der Waals surface area contributed by atoms with Crippen molar-refractivity contribution in [3.8, 4) is 0 Å². The van der Waals surface area contributed by atoms with Crippen molar-refractivity contribution < 1.29 is 9.84 Å². The Labute approximate surface area is 131 Å². The zero-order chi connectivity index (χ0) is 14.9. The maximum absolute atomic E-state index is 10.1. The van der Waals surface area contributed by atoms with Gasteiger partial charge in [-0.3, -0.25) is 0 Å². The van der Waals surface area contributed by atoms with E-state index in [0.717, 1.165) is 11.3 Å². The first-order chi connectivity index (χ1) is 10.3. The first-order valence-corrected chi connectivity index (χ1v) is 8.22. The normalized spacial score (nSPS) is 13.8. The van der Waals surface area contributed by atoms with Crippen LogP contribution in [0, 0.1) is 5.92 Å². The van der Waals surface area contributed by atoms with E-state index in [9.17, 15) is 5.11 Å². The van der Waals surface area contributed by atoms with Crippen LogP contribution in [0.5, 0.6) is 0 Å². The van der Waals surface area contributed by atoms with E-state index in [-0.39, 0.29) is 5.92 Å². The summed E-state index contributed by atoms with van der Waals surface area (Å²) < 4.78 is 5.60. The third kappa shape index (κ3) is 5.92. The Morgan fingerprint density at radius 3 is 2.29 bits per heavy atom. The van der Waals surface area contributed by atoms with Crippen LogP contribution < -0.4 is 0 Å². The Bertz CT molecular complexity index is 501. The molecule has 2 rings (SSSR count). The van der Waals surface area contributed by atoms with Crippen molar-refractivity contribution in [2.24, 2.45) is 5.92 Å². The van der Waals surface area contributed by atoms with Crippen molar-refractivity contribution in [2.45, 2.75) is 24.5 Å². The molecule has 2 nitrogen and oxygen atoms in total. The number of ether oxygens (including phenoxy) is 1. The molecule has 0 saturated heterocycles. The molecule has 0 spiro atoms. The first kappa shape index (κ1) is 16.1. The molecule has 0 radical (unpaired) electrons. The molecule has 0 amide bonds. The minimum Gasteiger partial charge on any atom is -0.390 e. The third-order valence-corrected chi connectivity index (χ3v) is 4.61. The fourth-order valence-corrected chi connectivity index (χ4v) is 2.92. The lowest BCUT2D eigenvalue weighted by molar-refractivity contribution is 0.00708. The van der Waals surface area contributed by atoms with Gasteiger partial charge in [-0.25, -0.2) is 0 Å². The van der Waals surface area contributed by atoms with Gasteiger partial charge in [0.15, 0.2) is 0 Å². The summed E-state index contributed by atoms with van der Waals surface area (Å²) in [6.07, 6.45) is -0.426. The van der Waals surface area contributed by atoms with E-state index in [1.807, 2.05) is 48.5 Å². The molecule has 2 aromatic rings. The van der Waals surface area contributed by atoms with Crippen LogP contribution in [0.3, 0.4) is 0 Å². The molecular formula is C18H22O2S. The molecule has 0 aliphatic carbocycles. The Balaban J connectivity index is 1.66. The topological polar surface area (TPSA) is 29.5 Å². The Hall–Kier alpha value is -1.29. The summed E-state index contributed by atoms with van der Waals surface area (Å²) in [7, 11) is 0. The van der Waals surface area contributed by atoms with E-state index < -0.39 is 6.10 Å². The molecule has 0 fully saturated rings. The fourth-order valence-electron chi connectivity index (χ4n) is 1.89. The van der Waals surface area contributed by atoms with Crippen LogP contribution in [0.25, 0.3) is 0 Å². The summed E-state index contributed by atoms with van der Waals surface area (Å²) in [5.74, 6) is 1.09. The van der Waals surface area contributed by atoms with Gasteiger partial charge in [-0.2, -0.15) is 0 Å². The zero-order valence-electron chi connectivity index (χ0n) is 12.3. The quantitative estimate of drug-likeness (QED) is 0.748. The van der Waals surface area contributed by atoms with E-state index in [1.54, 1.807) is 11.8 Å². The van der Waals surface area contributed by atoms with Gasteiger partial charge in [0, 0.05) is 10.6 Å². The Morgan fingerprint density at radius 2 is 1.62 bits per heavy atom. The highest BCUT2D eigenvalue weighted by atomic mass is 32.2. The van der Waals surface area contributed by atoms with E-state index in [1.165, 1.54) is 4.90 Å². The maximum atomic E-state index is 10.1. The van der Waals surface area contributed by atoms with Crippen molar-refractivity contribution in [3.63, 3.8) is 0 Å². The lowest BCUT2D eigenvalue weighted by atomic mass is 10.1. The van der Waals surface area contributed by atoms with Crippen LogP contribution in [0.15, 0.2) is 65.6 Å². The van der Waals surface area contributed by atoms with E-state index in [2.05, 4.69) is 19.1 Å². The van der Waals surface area contributed by atoms with Crippen molar-refractivity contribution in [2.75, 3.05) is 12.4 Å². The van der Waals surface area contributed by atoms with Crippen LogP contribution >= 0.6 is 11.8 Å². The number of rotatable bonds is 8. The lowest BCUT2D eigenvalue weighted by Crippen LogP contribution is -2.25. The monoisotopic (exact) mass is 302 g/mol. The Morgan fingerprint density at radius 1 is 1.00 bits per heavy atom. The number of thioether (sulfide) groups is 1. The second-order valence-corrected chi connectivity index (χ2v) is 6.26. The van der Waals surface area contributed by atoms with Gasteiger partial charge < -0.3 is 9.84 Å². The SMILES string of the molecule is C[C@@H](CSc1ccccc1)[C@@H](O)COCc1ccccc1. The van der Waals surface area contributed by atoms with Crippen molar-refractivity contribution in [1.82, 2.24) is 0 Å². The van der Waals surface area contributed by atoms with Gasteiger partial charge in [0.05, 0.1) is 19.3 Å². The van der Waals surface area contributed by atoms with Gasteiger partial charge in [-0.05, 0) is 23.6 Å². The molecule has 2 atom stereocenters. The standard InChI is InChI=1S/C18H22O2S/c1-15(14-21-17-10-6-3-7-11-17)18(19)13-20-12-16-8-4-2-5-9-16/h2-11,15,18-19H,12-14H2,1H3/t15-,18-/m0/s1. The number of benzene rings is 2. The first-order valence-electron chi connectivity index (χ1n) is 7.23. The van der Waals surface area contributed by atoms with Crippen molar-refractivity contribution >= 4 is 11.8 Å². The summed E-state index contributed by atoms with van der Waals surface area (Å²) in [4.78, 5) is 1.24. The van der Waals surface area contributed by atoms with E-state index in [4.69, 9.17) is 4.74 Å². The predicted molar refractivity (Wildman–Crippen MR) is 88.4 cm³/mol. The smallest absolute Gasteiger partial charge is 0.0807 e. The summed E-state index contributed by atoms with van der Waals surface area (Å²) in [6.45, 7) is 2.99. The summed E-state index contributed by atoms with van der Waals surface area (Å²) in [5.41, 5.74) is 1.14. The highest BCUT2D eigenvalue weighted by Crippen LogP contribution is 2.21. The highest BCUT2D eigenvalue weighted by Gasteiger charge is 2.14. The largest absolute Gasteiger partial charge is 0.390 e. The molecular weight excluding hydrogens is 280 g/mol. The maximum Gasteiger partial charge on any atom is 0.0807 e. The minimum absolute atomic E-state index is 0.200. The fraction of sp³-hybridized carbons (Fsp3) is 0.333. The average molecular weight is 302 g/mol. The van der Waals surface area contributed by atoms with Gasteiger partial charge in [0.25, 0.3) is 0 Å². The van der Waals surface area contributed by atoms with E-state index in [0.29, 0.717) is 13.2 Å². The van der Waals surface area contributed by atoms with Crippen LogP contribution in [-0.4, -0.2) is 23.6 Å². The average Bonchev–Trinajstić information content (AvgIpc) is 2.54. The van der Waals surface area contributed by atoms with Crippen LogP contribution in [-0.2, 0) is 11.3 Å². The van der Waals surface area contributed by atoms with Gasteiger partial charge >= 0.3 is 0 Å². The molecule has 0 unspecified atom stereocenters. The molecule has 3 heteroatoms. The second kappa shape index (κ2) is 8.88. The lowest BCUT2D eigenvalue weighted by Gasteiger charge is -2.18. The molecule has 0 bridgehead atoms. The molecule has 0 saturated carbocycles. The molecule has 0 aliphatic heterocycles. The van der Waals surface area contributed by atoms with Crippen molar-refractivity contribution in [3.05, 3.63) is 66.2 Å². The molecule has 0 aromatic heterocycles. The molecule has 112 valence electrons. The van der Waals surface area contributed by atoms with Gasteiger partial charge in [-0.15, -0.1) is 11.8 Å². The van der Waals surface area contributed by atoms with Crippen molar-refractivity contribution in [1.29, 1.82) is 0 Å². The molecule has 1 N–H and O–H groups in total. The second-order valence-electron chi connectivity index (χ2n) is 5.17.